The van der Waals surface area contributed by atoms with Gasteiger partial charge in [0.05, 0.1) is 5.57 Å². The molecule has 28 heavy (non-hydrogen) atoms. The summed E-state index contributed by atoms with van der Waals surface area (Å²) < 4.78 is 55.2. The molecular formula is C23H33F4N. The molecule has 0 aromatic carbocycles. The van der Waals surface area contributed by atoms with Crippen LogP contribution in [-0.4, -0.2) is 24.7 Å². The molecule has 0 N–H and O–H groups in total. The quantitative estimate of drug-likeness (QED) is 0.325. The van der Waals surface area contributed by atoms with Gasteiger partial charge in [0.1, 0.15) is 5.83 Å². The highest BCUT2D eigenvalue weighted by molar-refractivity contribution is 5.55. The highest BCUT2D eigenvalue weighted by Crippen LogP contribution is 2.34. The molecule has 1 heterocycles. The zero-order valence-corrected chi connectivity index (χ0v) is 17.7. The summed E-state index contributed by atoms with van der Waals surface area (Å²) in [7, 11) is 1.99. The minimum Gasteiger partial charge on any atom is -0.378 e. The summed E-state index contributed by atoms with van der Waals surface area (Å²) in [5, 5.41) is 0. The summed E-state index contributed by atoms with van der Waals surface area (Å²) in [4.78, 5) is 2.13. The Bertz CT molecular complexity index is 675. The van der Waals surface area contributed by atoms with Crippen LogP contribution in [0.5, 0.6) is 0 Å². The van der Waals surface area contributed by atoms with Gasteiger partial charge >= 0.3 is 6.18 Å². The Morgan fingerprint density at radius 2 is 1.82 bits per heavy atom. The first-order valence-corrected chi connectivity index (χ1v) is 10.1. The second kappa shape index (κ2) is 11.3. The van der Waals surface area contributed by atoms with Crippen molar-refractivity contribution in [3.05, 3.63) is 58.1 Å². The molecule has 1 aliphatic heterocycles. The molecule has 0 spiro atoms. The Balaban J connectivity index is 3.64. The second-order valence-electron chi connectivity index (χ2n) is 7.18. The van der Waals surface area contributed by atoms with Crippen LogP contribution in [0.2, 0.25) is 0 Å². The van der Waals surface area contributed by atoms with E-state index in [9.17, 15) is 17.6 Å². The molecule has 158 valence electrons. The van der Waals surface area contributed by atoms with Crippen LogP contribution in [-0.2, 0) is 0 Å². The average molecular weight is 400 g/mol. The average Bonchev–Trinajstić information content (AvgIpc) is 2.85. The van der Waals surface area contributed by atoms with Crippen molar-refractivity contribution in [2.75, 3.05) is 13.6 Å². The van der Waals surface area contributed by atoms with Gasteiger partial charge in [-0.2, -0.15) is 13.2 Å². The Morgan fingerprint density at radius 3 is 2.36 bits per heavy atom. The lowest BCUT2D eigenvalue weighted by molar-refractivity contribution is -0.0884. The van der Waals surface area contributed by atoms with Crippen LogP contribution in [0, 0.1) is 0 Å². The van der Waals surface area contributed by atoms with Gasteiger partial charge in [-0.3, -0.25) is 0 Å². The monoisotopic (exact) mass is 399 g/mol. The molecule has 1 fully saturated rings. The Labute approximate surface area is 167 Å². The summed E-state index contributed by atoms with van der Waals surface area (Å²) in [5.74, 6) is -0.637. The van der Waals surface area contributed by atoms with E-state index >= 15 is 0 Å². The van der Waals surface area contributed by atoms with E-state index < -0.39 is 17.6 Å². The first kappa shape index (κ1) is 24.3. The van der Waals surface area contributed by atoms with Gasteiger partial charge in [-0.25, -0.2) is 4.39 Å². The third-order valence-corrected chi connectivity index (χ3v) is 5.07. The van der Waals surface area contributed by atoms with E-state index in [1.54, 1.807) is 6.92 Å². The van der Waals surface area contributed by atoms with E-state index in [2.05, 4.69) is 4.90 Å². The second-order valence-corrected chi connectivity index (χ2v) is 7.18. The maximum Gasteiger partial charge on any atom is 0.416 e. The molecule has 5 heteroatoms. The highest BCUT2D eigenvalue weighted by atomic mass is 19.4. The van der Waals surface area contributed by atoms with Gasteiger partial charge in [-0.05, 0) is 63.7 Å². The lowest BCUT2D eigenvalue weighted by atomic mass is 9.93. The molecule has 0 saturated carbocycles. The van der Waals surface area contributed by atoms with Crippen molar-refractivity contribution in [2.24, 2.45) is 0 Å². The van der Waals surface area contributed by atoms with E-state index in [1.165, 1.54) is 13.0 Å². The maximum absolute atomic E-state index is 14.8. The molecule has 0 radical (unpaired) electrons. The zero-order chi connectivity index (χ0) is 21.3. The first-order valence-electron chi connectivity index (χ1n) is 10.1. The molecule has 0 atom stereocenters. The van der Waals surface area contributed by atoms with Crippen molar-refractivity contribution in [3.63, 3.8) is 0 Å². The van der Waals surface area contributed by atoms with Crippen molar-refractivity contribution in [1.82, 2.24) is 4.90 Å². The topological polar surface area (TPSA) is 3.24 Å². The maximum atomic E-state index is 14.8. The Hall–Kier alpha value is -1.78. The number of hydrogen-bond donors (Lipinski definition) is 0. The van der Waals surface area contributed by atoms with Crippen LogP contribution in [0.25, 0.3) is 0 Å². The Morgan fingerprint density at radius 1 is 1.14 bits per heavy atom. The number of alkyl halides is 3. The van der Waals surface area contributed by atoms with Gasteiger partial charge in [0.25, 0.3) is 0 Å². The van der Waals surface area contributed by atoms with Gasteiger partial charge < -0.3 is 4.90 Å². The van der Waals surface area contributed by atoms with E-state index in [4.69, 9.17) is 0 Å². The lowest BCUT2D eigenvalue weighted by Crippen LogP contribution is -2.17. The highest BCUT2D eigenvalue weighted by Gasteiger charge is 2.32. The molecule has 0 aromatic heterocycles. The number of nitrogens with zero attached hydrogens (tertiary/aromatic N) is 1. The minimum absolute atomic E-state index is 0.00372. The molecule has 1 nitrogen and oxygen atoms in total. The fraction of sp³-hybridized carbons (Fsp3) is 0.565. The predicted molar refractivity (Wildman–Crippen MR) is 110 cm³/mol. The van der Waals surface area contributed by atoms with Crippen molar-refractivity contribution in [3.8, 4) is 0 Å². The standard InChI is InChI=1S/C23H33F4N/c1-6-12-18(23(25,26)27)15-21(22(24)8-3)20(17(4)7-2)16-19-13-10-9-11-14-28(19)5/h8,12,15-16H,6-7,9-11,13-14H2,1-5H3/b18-12-,19-16-,20-17?,21-15-,22-8+. The number of likely N-dealkylation sites (tertiary alicyclic amines) is 1. The van der Waals surface area contributed by atoms with Gasteiger partial charge in [0.2, 0.25) is 0 Å². The normalized spacial score (nSPS) is 20.4. The van der Waals surface area contributed by atoms with Crippen LogP contribution in [0.1, 0.15) is 66.2 Å². The zero-order valence-electron chi connectivity index (χ0n) is 17.7. The lowest BCUT2D eigenvalue weighted by Gasteiger charge is -2.22. The Kier molecular flexibility index (Phi) is 9.77. The third kappa shape index (κ3) is 6.99. The summed E-state index contributed by atoms with van der Waals surface area (Å²) in [6.45, 7) is 7.84. The molecule has 0 amide bonds. The smallest absolute Gasteiger partial charge is 0.378 e. The van der Waals surface area contributed by atoms with Gasteiger partial charge in [-0.1, -0.05) is 38.0 Å². The van der Waals surface area contributed by atoms with Crippen LogP contribution in [0.4, 0.5) is 17.6 Å². The first-order chi connectivity index (χ1) is 13.1. The fourth-order valence-electron chi connectivity index (χ4n) is 3.20. The van der Waals surface area contributed by atoms with Crippen molar-refractivity contribution in [1.29, 1.82) is 0 Å². The molecule has 1 aliphatic rings. The SMILES string of the molecule is C\C=C(F)/C(=C\C(=C\CC)C(F)(F)F)C(/C=C1/CCCCCN1C)=C(C)CC. The molecule has 0 bridgehead atoms. The largest absolute Gasteiger partial charge is 0.416 e. The summed E-state index contributed by atoms with van der Waals surface area (Å²) in [6.07, 6.45) is 5.60. The van der Waals surface area contributed by atoms with Crippen LogP contribution in [0.3, 0.4) is 0 Å². The molecular weight excluding hydrogens is 366 g/mol. The molecule has 1 saturated heterocycles. The number of hydrogen-bond acceptors (Lipinski definition) is 1. The fourth-order valence-corrected chi connectivity index (χ4v) is 3.20. The number of allylic oxidation sites excluding steroid dienone is 10. The number of halogens is 4. The predicted octanol–water partition coefficient (Wildman–Crippen LogP) is 7.80. The van der Waals surface area contributed by atoms with E-state index in [1.807, 2.05) is 27.0 Å². The summed E-state index contributed by atoms with van der Waals surface area (Å²) in [5.41, 5.74) is 1.66. The van der Waals surface area contributed by atoms with Crippen molar-refractivity contribution in [2.45, 2.75) is 72.4 Å². The van der Waals surface area contributed by atoms with Gasteiger partial charge in [0.15, 0.2) is 0 Å². The van der Waals surface area contributed by atoms with Crippen LogP contribution < -0.4 is 0 Å². The number of rotatable bonds is 6. The van der Waals surface area contributed by atoms with Gasteiger partial charge in [-0.15, -0.1) is 0 Å². The van der Waals surface area contributed by atoms with Crippen LogP contribution in [0.15, 0.2) is 58.1 Å². The van der Waals surface area contributed by atoms with Gasteiger partial charge in [0, 0.05) is 24.9 Å². The summed E-state index contributed by atoms with van der Waals surface area (Å²) >= 11 is 0. The van der Waals surface area contributed by atoms with E-state index in [-0.39, 0.29) is 12.0 Å². The molecule has 0 aromatic rings. The molecule has 0 unspecified atom stereocenters. The van der Waals surface area contributed by atoms with E-state index in [0.29, 0.717) is 12.0 Å². The molecule has 0 aliphatic carbocycles. The van der Waals surface area contributed by atoms with Crippen molar-refractivity contribution < 1.29 is 17.6 Å². The minimum atomic E-state index is -4.52. The molecule has 1 rings (SSSR count). The third-order valence-electron chi connectivity index (χ3n) is 5.07. The van der Waals surface area contributed by atoms with Crippen molar-refractivity contribution >= 4 is 0 Å². The van der Waals surface area contributed by atoms with E-state index in [0.717, 1.165) is 55.7 Å². The van der Waals surface area contributed by atoms with Crippen LogP contribution >= 0.6 is 0 Å². The summed E-state index contributed by atoms with van der Waals surface area (Å²) in [6, 6.07) is 0.